The number of hydrogen-bond acceptors (Lipinski definition) is 4. The van der Waals surface area contributed by atoms with Crippen molar-refractivity contribution < 1.29 is 4.79 Å². The Bertz CT molecular complexity index is 1180. The Kier molecular flexibility index (Phi) is 13.7. The molecule has 1 aliphatic rings. The summed E-state index contributed by atoms with van der Waals surface area (Å²) in [5, 5.41) is 6.13. The van der Waals surface area contributed by atoms with Crippen molar-refractivity contribution >= 4 is 11.7 Å². The highest BCUT2D eigenvalue weighted by atomic mass is 16.1. The number of amides is 1. The smallest absolute Gasteiger partial charge is 0.221 e. The van der Waals surface area contributed by atoms with Crippen molar-refractivity contribution in [2.24, 2.45) is 4.99 Å². The predicted octanol–water partition coefficient (Wildman–Crippen LogP) is -0.138. The zero-order valence-electron chi connectivity index (χ0n) is 18.2. The first-order valence-corrected chi connectivity index (χ1v) is 9.89. The van der Waals surface area contributed by atoms with E-state index >= 15 is 0 Å². The third-order valence-electron chi connectivity index (χ3n) is 3.46. The van der Waals surface area contributed by atoms with Gasteiger partial charge in [0.1, 0.15) is 0 Å². The van der Waals surface area contributed by atoms with E-state index in [-0.39, 0.29) is 11.9 Å². The van der Waals surface area contributed by atoms with Gasteiger partial charge in [-0.3, -0.25) is 9.79 Å². The van der Waals surface area contributed by atoms with Crippen molar-refractivity contribution in [3.8, 4) is 95.2 Å². The molecule has 0 aromatic heterocycles. The van der Waals surface area contributed by atoms with Crippen LogP contribution in [0.2, 0.25) is 0 Å². The molecule has 0 aromatic carbocycles. The summed E-state index contributed by atoms with van der Waals surface area (Å²) in [5.74, 6) is 38.8. The van der Waals surface area contributed by atoms with Crippen LogP contribution in [0, 0.1) is 95.2 Å². The molecule has 32 heavy (non-hydrogen) atoms. The number of hydrogen-bond donors (Lipinski definition) is 2. The molecule has 1 rings (SSSR count). The van der Waals surface area contributed by atoms with E-state index in [0.717, 1.165) is 25.5 Å². The largest absolute Gasteiger partial charge is 0.354 e. The molecule has 0 spiro atoms. The highest BCUT2D eigenvalue weighted by Crippen LogP contribution is 1.99. The summed E-state index contributed by atoms with van der Waals surface area (Å²) in [6, 6.07) is 0.164. The summed E-state index contributed by atoms with van der Waals surface area (Å²) in [5.41, 5.74) is 0. The maximum absolute atomic E-state index is 11.6. The number of aliphatic imine (C=N–C) groups is 1. The van der Waals surface area contributed by atoms with Crippen molar-refractivity contribution in [3.05, 3.63) is 0 Å². The molecule has 0 aromatic rings. The molecule has 0 unspecified atom stereocenters. The predicted molar refractivity (Wildman–Crippen MR) is 128 cm³/mol. The first-order chi connectivity index (χ1) is 15.6. The lowest BCUT2D eigenvalue weighted by Crippen LogP contribution is -2.36. The molecule has 0 saturated carbocycles. The average molecular weight is 419 g/mol. The Hall–Kier alpha value is -4.62. The van der Waals surface area contributed by atoms with Crippen LogP contribution in [0.5, 0.6) is 0 Å². The zero-order chi connectivity index (χ0) is 23.3. The third-order valence-corrected chi connectivity index (χ3v) is 3.46. The van der Waals surface area contributed by atoms with Gasteiger partial charge in [0.2, 0.25) is 5.91 Å². The fraction of sp³-hybridized carbons (Fsp3) is 0.333. The molecule has 0 aliphatic carbocycles. The van der Waals surface area contributed by atoms with Gasteiger partial charge in [-0.15, -0.1) is 6.42 Å². The van der Waals surface area contributed by atoms with Crippen LogP contribution in [-0.4, -0.2) is 55.4 Å². The molecule has 1 aliphatic heterocycles. The van der Waals surface area contributed by atoms with Crippen molar-refractivity contribution in [3.63, 3.8) is 0 Å². The van der Waals surface area contributed by atoms with Crippen LogP contribution >= 0.6 is 0 Å². The van der Waals surface area contributed by atoms with Crippen LogP contribution in [-0.2, 0) is 4.79 Å². The number of carbonyl (C=O) groups excluding carboxylic acids is 1. The van der Waals surface area contributed by atoms with Crippen LogP contribution < -0.4 is 10.6 Å². The van der Waals surface area contributed by atoms with Crippen LogP contribution in [0.3, 0.4) is 0 Å². The zero-order valence-corrected chi connectivity index (χ0v) is 18.2. The molecule has 2 N–H and O–H groups in total. The van der Waals surface area contributed by atoms with E-state index in [9.17, 15) is 4.79 Å². The van der Waals surface area contributed by atoms with E-state index in [1.807, 2.05) is 13.8 Å². The number of carbonyl (C=O) groups is 1. The lowest BCUT2D eigenvalue weighted by Gasteiger charge is -2.17. The topological polar surface area (TPSA) is 56.7 Å². The van der Waals surface area contributed by atoms with Crippen LogP contribution in [0.15, 0.2) is 4.99 Å². The number of amidine groups is 1. The fourth-order valence-electron chi connectivity index (χ4n) is 2.22. The van der Waals surface area contributed by atoms with Crippen LogP contribution in [0.25, 0.3) is 0 Å². The standard InChI is InChI=1S/C27H22N4O/c1-4-5-6-7-8-9-10-11-12-13-14-15-16-17-18-26-29-22-24-31(26)23-21-28-20-19-27(32)30-25(2)3/h1,25,28H,19-24H2,2-3H3,(H,30,32). The van der Waals surface area contributed by atoms with E-state index in [2.05, 4.69) is 109 Å². The van der Waals surface area contributed by atoms with E-state index in [0.29, 0.717) is 19.5 Å². The van der Waals surface area contributed by atoms with Gasteiger partial charge in [0.05, 0.1) is 6.54 Å². The second-order valence-electron chi connectivity index (χ2n) is 6.31. The SMILES string of the molecule is C#CC#CC#CC#CC#CC#CC#CC#CC1=NCCN1CCNCCC(=O)NC(C)C. The lowest BCUT2D eigenvalue weighted by atomic mass is 10.3. The molecule has 0 radical (unpaired) electrons. The van der Waals surface area contributed by atoms with Crippen molar-refractivity contribution in [2.75, 3.05) is 32.7 Å². The monoisotopic (exact) mass is 418 g/mol. The fourth-order valence-corrected chi connectivity index (χ4v) is 2.22. The normalized spacial score (nSPS) is 9.94. The Morgan fingerprint density at radius 3 is 2.06 bits per heavy atom. The highest BCUT2D eigenvalue weighted by molar-refractivity contribution is 6.00. The summed E-state index contributed by atoms with van der Waals surface area (Å²) in [6.45, 7) is 7.58. The molecule has 0 saturated heterocycles. The summed E-state index contributed by atoms with van der Waals surface area (Å²) < 4.78 is 0. The molecule has 5 nitrogen and oxygen atoms in total. The second-order valence-corrected chi connectivity index (χ2v) is 6.31. The van der Waals surface area contributed by atoms with E-state index in [1.165, 1.54) is 0 Å². The number of nitrogens with one attached hydrogen (secondary N) is 2. The van der Waals surface area contributed by atoms with E-state index < -0.39 is 0 Å². The summed E-state index contributed by atoms with van der Waals surface area (Å²) >= 11 is 0. The van der Waals surface area contributed by atoms with Crippen LogP contribution in [0.1, 0.15) is 20.3 Å². The second kappa shape index (κ2) is 17.3. The number of rotatable bonds is 7. The molecule has 0 atom stereocenters. The molecule has 0 fully saturated rings. The molecule has 156 valence electrons. The number of nitrogens with zero attached hydrogens (tertiary/aromatic N) is 2. The van der Waals surface area contributed by atoms with Gasteiger partial charge in [-0.2, -0.15) is 0 Å². The van der Waals surface area contributed by atoms with Gasteiger partial charge < -0.3 is 15.5 Å². The Balaban J connectivity index is 2.36. The Morgan fingerprint density at radius 2 is 1.50 bits per heavy atom. The minimum Gasteiger partial charge on any atom is -0.354 e. The lowest BCUT2D eigenvalue weighted by molar-refractivity contribution is -0.121. The third kappa shape index (κ3) is 13.5. The summed E-state index contributed by atoms with van der Waals surface area (Å²) in [4.78, 5) is 18.1. The number of terminal acetylenes is 1. The Morgan fingerprint density at radius 1 is 0.938 bits per heavy atom. The summed E-state index contributed by atoms with van der Waals surface area (Å²) in [6.07, 6.45) is 5.41. The van der Waals surface area contributed by atoms with Crippen LogP contribution in [0.4, 0.5) is 0 Å². The van der Waals surface area contributed by atoms with Gasteiger partial charge in [-0.25, -0.2) is 0 Å². The molecular formula is C27H22N4O. The maximum atomic E-state index is 11.6. The minimum absolute atomic E-state index is 0.0546. The highest BCUT2D eigenvalue weighted by Gasteiger charge is 2.13. The molecule has 5 heteroatoms. The first kappa shape index (κ1) is 25.4. The molecule has 0 bridgehead atoms. The first-order valence-electron chi connectivity index (χ1n) is 9.89. The van der Waals surface area contributed by atoms with Gasteiger partial charge >= 0.3 is 0 Å². The van der Waals surface area contributed by atoms with E-state index in [1.54, 1.807) is 0 Å². The maximum Gasteiger partial charge on any atom is 0.221 e. The summed E-state index contributed by atoms with van der Waals surface area (Å²) in [7, 11) is 0. The molecule has 1 heterocycles. The minimum atomic E-state index is 0.0546. The average Bonchev–Trinajstić information content (AvgIpc) is 3.20. The van der Waals surface area contributed by atoms with Gasteiger partial charge in [0.25, 0.3) is 0 Å². The van der Waals surface area contributed by atoms with Gasteiger partial charge in [-0.05, 0) is 103 Å². The van der Waals surface area contributed by atoms with Gasteiger partial charge in [0.15, 0.2) is 5.84 Å². The Labute approximate surface area is 191 Å². The van der Waals surface area contributed by atoms with Crippen molar-refractivity contribution in [1.82, 2.24) is 15.5 Å². The van der Waals surface area contributed by atoms with Gasteiger partial charge in [0, 0.05) is 38.6 Å². The van der Waals surface area contributed by atoms with Crippen molar-refractivity contribution in [2.45, 2.75) is 26.3 Å². The van der Waals surface area contributed by atoms with E-state index in [4.69, 9.17) is 6.42 Å². The van der Waals surface area contributed by atoms with Crippen molar-refractivity contribution in [1.29, 1.82) is 0 Å². The quantitative estimate of drug-likeness (QED) is 0.447. The van der Waals surface area contributed by atoms with Gasteiger partial charge in [-0.1, -0.05) is 0 Å². The molecule has 1 amide bonds. The molecular weight excluding hydrogens is 396 g/mol.